The quantitative estimate of drug-likeness (QED) is 0.685. The lowest BCUT2D eigenvalue weighted by atomic mass is 10.2. The molecule has 2 aromatic heterocycles. The van der Waals surface area contributed by atoms with E-state index in [2.05, 4.69) is 10.2 Å². The number of amides is 1. The number of aromatic nitrogens is 4. The Bertz CT molecular complexity index is 982. The van der Waals surface area contributed by atoms with Crippen molar-refractivity contribution in [1.82, 2.24) is 24.5 Å². The average molecular weight is 367 g/mol. The van der Waals surface area contributed by atoms with E-state index in [1.165, 1.54) is 4.68 Å². The third kappa shape index (κ3) is 3.90. The summed E-state index contributed by atoms with van der Waals surface area (Å²) in [6, 6.07) is 9.11. The smallest absolute Gasteiger partial charge is 0.275 e. The first kappa shape index (κ1) is 17.4. The molecule has 0 N–H and O–H groups in total. The average Bonchev–Trinajstić information content (AvgIpc) is 3.08. The summed E-state index contributed by atoms with van der Waals surface area (Å²) in [5, 5.41) is 9.69. The molecule has 0 unspecified atom stereocenters. The number of carbonyl (C=O) groups is 1. The van der Waals surface area contributed by atoms with Crippen LogP contribution >= 0.6 is 0 Å². The third-order valence-electron chi connectivity index (χ3n) is 4.70. The van der Waals surface area contributed by atoms with Crippen molar-refractivity contribution in [2.45, 2.75) is 25.6 Å². The molecule has 1 aliphatic heterocycles. The van der Waals surface area contributed by atoms with E-state index in [1.54, 1.807) is 28.0 Å². The Kier molecular flexibility index (Phi) is 4.97. The highest BCUT2D eigenvalue weighted by atomic mass is 16.5. The summed E-state index contributed by atoms with van der Waals surface area (Å²) in [4.78, 5) is 27.1. The lowest BCUT2D eigenvalue weighted by Gasteiger charge is -2.24. The van der Waals surface area contributed by atoms with Crippen molar-refractivity contribution in [2.75, 3.05) is 19.7 Å². The number of fused-ring (bicyclic) bond motifs is 1. The zero-order valence-electron chi connectivity index (χ0n) is 14.9. The molecule has 140 valence electrons. The van der Waals surface area contributed by atoms with Gasteiger partial charge in [-0.1, -0.05) is 18.2 Å². The molecule has 1 fully saturated rings. The number of carbonyl (C=O) groups excluding carboxylic acids is 1. The maximum Gasteiger partial charge on any atom is 0.275 e. The van der Waals surface area contributed by atoms with Gasteiger partial charge >= 0.3 is 0 Å². The lowest BCUT2D eigenvalue weighted by molar-refractivity contribution is -0.133. The number of benzene rings is 1. The maximum atomic E-state index is 12.8. The van der Waals surface area contributed by atoms with Crippen molar-refractivity contribution < 1.29 is 9.53 Å². The number of ether oxygens (including phenoxy) is 1. The van der Waals surface area contributed by atoms with Crippen molar-refractivity contribution in [3.05, 3.63) is 59.3 Å². The predicted octanol–water partition coefficient (Wildman–Crippen LogP) is 0.911. The Morgan fingerprint density at radius 2 is 2.11 bits per heavy atom. The van der Waals surface area contributed by atoms with Gasteiger partial charge in [0.05, 0.1) is 24.2 Å². The summed E-state index contributed by atoms with van der Waals surface area (Å²) in [5.74, 6) is -0.129. The van der Waals surface area contributed by atoms with E-state index in [-0.39, 0.29) is 24.1 Å². The van der Waals surface area contributed by atoms with Gasteiger partial charge in [-0.25, -0.2) is 4.68 Å². The van der Waals surface area contributed by atoms with Gasteiger partial charge in [0, 0.05) is 37.5 Å². The third-order valence-corrected chi connectivity index (χ3v) is 4.70. The van der Waals surface area contributed by atoms with E-state index in [0.717, 1.165) is 11.8 Å². The van der Waals surface area contributed by atoms with Crippen LogP contribution in [0.25, 0.3) is 10.8 Å². The van der Waals surface area contributed by atoms with Gasteiger partial charge in [0.1, 0.15) is 6.54 Å². The van der Waals surface area contributed by atoms with E-state index >= 15 is 0 Å². The molecule has 27 heavy (non-hydrogen) atoms. The van der Waals surface area contributed by atoms with E-state index in [0.29, 0.717) is 31.6 Å². The molecule has 8 nitrogen and oxygen atoms in total. The Morgan fingerprint density at radius 1 is 1.22 bits per heavy atom. The van der Waals surface area contributed by atoms with Gasteiger partial charge in [-0.3, -0.25) is 14.3 Å². The van der Waals surface area contributed by atoms with Gasteiger partial charge in [-0.2, -0.15) is 10.2 Å². The monoisotopic (exact) mass is 367 g/mol. The normalized spacial score (nSPS) is 17.8. The van der Waals surface area contributed by atoms with Crippen LogP contribution in [-0.2, 0) is 22.6 Å². The molecule has 0 aliphatic carbocycles. The lowest BCUT2D eigenvalue weighted by Crippen LogP contribution is -2.41. The van der Waals surface area contributed by atoms with Gasteiger partial charge in [-0.05, 0) is 18.6 Å². The first-order chi connectivity index (χ1) is 13.2. The van der Waals surface area contributed by atoms with Crippen molar-refractivity contribution in [3.63, 3.8) is 0 Å². The van der Waals surface area contributed by atoms with E-state index in [4.69, 9.17) is 4.74 Å². The molecule has 4 rings (SSSR count). The second-order valence-electron chi connectivity index (χ2n) is 6.61. The van der Waals surface area contributed by atoms with Crippen LogP contribution in [0.4, 0.5) is 0 Å². The zero-order valence-corrected chi connectivity index (χ0v) is 14.9. The fraction of sp³-hybridized carbons (Fsp3) is 0.368. The fourth-order valence-corrected chi connectivity index (χ4v) is 3.32. The molecular formula is C19H21N5O3. The van der Waals surface area contributed by atoms with Gasteiger partial charge in [0.25, 0.3) is 5.56 Å². The maximum absolute atomic E-state index is 12.8. The molecule has 3 aromatic rings. The van der Waals surface area contributed by atoms with Gasteiger partial charge in [-0.15, -0.1) is 0 Å². The molecule has 8 heteroatoms. The van der Waals surface area contributed by atoms with Crippen LogP contribution in [0.3, 0.4) is 0 Å². The summed E-state index contributed by atoms with van der Waals surface area (Å²) in [5.41, 5.74) is -0.249. The highest BCUT2D eigenvalue weighted by Crippen LogP contribution is 2.10. The van der Waals surface area contributed by atoms with E-state index in [9.17, 15) is 9.59 Å². The topological polar surface area (TPSA) is 82.3 Å². The van der Waals surface area contributed by atoms with Gasteiger partial charge < -0.3 is 9.64 Å². The molecule has 1 aromatic carbocycles. The largest absolute Gasteiger partial charge is 0.374 e. The minimum absolute atomic E-state index is 0.0713. The van der Waals surface area contributed by atoms with E-state index in [1.807, 2.05) is 30.5 Å². The summed E-state index contributed by atoms with van der Waals surface area (Å²) < 4.78 is 8.88. The molecular weight excluding hydrogens is 346 g/mol. The number of nitrogens with zero attached hydrogens (tertiary/aromatic N) is 5. The number of hydrogen-bond acceptors (Lipinski definition) is 5. The van der Waals surface area contributed by atoms with Crippen molar-refractivity contribution in [1.29, 1.82) is 0 Å². The molecule has 1 saturated heterocycles. The second kappa shape index (κ2) is 7.71. The molecule has 1 amide bonds. The summed E-state index contributed by atoms with van der Waals surface area (Å²) in [6.45, 7) is 2.20. The second-order valence-corrected chi connectivity index (χ2v) is 6.61. The van der Waals surface area contributed by atoms with Crippen LogP contribution in [0.15, 0.2) is 53.7 Å². The van der Waals surface area contributed by atoms with Crippen molar-refractivity contribution in [3.8, 4) is 0 Å². The van der Waals surface area contributed by atoms with Gasteiger partial charge in [0.15, 0.2) is 0 Å². The van der Waals surface area contributed by atoms with Crippen molar-refractivity contribution in [2.24, 2.45) is 0 Å². The molecule has 1 atom stereocenters. The van der Waals surface area contributed by atoms with Crippen LogP contribution in [0.5, 0.6) is 0 Å². The zero-order chi connectivity index (χ0) is 18.6. The molecule has 0 saturated carbocycles. The number of hydrogen-bond donors (Lipinski definition) is 0. The van der Waals surface area contributed by atoms with Crippen LogP contribution in [0.1, 0.15) is 6.42 Å². The molecule has 0 radical (unpaired) electrons. The first-order valence-corrected chi connectivity index (χ1v) is 9.02. The van der Waals surface area contributed by atoms with Gasteiger partial charge in [0.2, 0.25) is 5.91 Å². The Morgan fingerprint density at radius 3 is 2.96 bits per heavy atom. The molecule has 3 heterocycles. The fourth-order valence-electron chi connectivity index (χ4n) is 3.32. The standard InChI is InChI=1S/C19H21N5O3/c25-18(14-24-19(26)17-6-2-1-5-15(17)11-21-24)22-8-4-10-27-16(12-22)13-23-9-3-7-20-23/h1-3,5-7,9,11,16H,4,8,10,12-14H2/t16-/m0/s1. The summed E-state index contributed by atoms with van der Waals surface area (Å²) in [6.07, 6.45) is 5.85. The summed E-state index contributed by atoms with van der Waals surface area (Å²) in [7, 11) is 0. The predicted molar refractivity (Wildman–Crippen MR) is 99.2 cm³/mol. The van der Waals surface area contributed by atoms with Crippen molar-refractivity contribution >= 4 is 16.7 Å². The Labute approximate surface area is 156 Å². The summed E-state index contributed by atoms with van der Waals surface area (Å²) >= 11 is 0. The van der Waals surface area contributed by atoms with Crippen LogP contribution < -0.4 is 5.56 Å². The highest BCUT2D eigenvalue weighted by Gasteiger charge is 2.23. The minimum Gasteiger partial charge on any atom is -0.374 e. The van der Waals surface area contributed by atoms with Crippen LogP contribution in [0.2, 0.25) is 0 Å². The molecule has 1 aliphatic rings. The van der Waals surface area contributed by atoms with E-state index < -0.39 is 0 Å². The first-order valence-electron chi connectivity index (χ1n) is 9.02. The SMILES string of the molecule is O=C(Cn1ncc2ccccc2c1=O)N1CCCO[C@H](Cn2cccn2)C1. The Hall–Kier alpha value is -3.00. The molecule has 0 spiro atoms. The molecule has 0 bridgehead atoms. The Balaban J connectivity index is 1.48. The van der Waals surface area contributed by atoms with Crippen LogP contribution in [-0.4, -0.2) is 56.2 Å². The minimum atomic E-state index is -0.249. The number of rotatable bonds is 4. The highest BCUT2D eigenvalue weighted by molar-refractivity contribution is 5.81. The van der Waals surface area contributed by atoms with Crippen LogP contribution in [0, 0.1) is 0 Å².